The minimum absolute atomic E-state index is 0.0186. The van der Waals surface area contributed by atoms with Crippen molar-refractivity contribution in [2.24, 2.45) is 0 Å². The summed E-state index contributed by atoms with van der Waals surface area (Å²) < 4.78 is 4.76. The molecule has 2 aromatic rings. The molecule has 0 atom stereocenters. The molecular weight excluding hydrogens is 288 g/mol. The number of anilines is 1. The first-order valence-electron chi connectivity index (χ1n) is 5.56. The number of nitro groups is 1. The normalized spacial score (nSPS) is 10.4. The smallest absolute Gasteiger partial charge is 0.350 e. The third kappa shape index (κ3) is 2.71. The number of H-pyrrole nitrogens is 1. The van der Waals surface area contributed by atoms with Crippen molar-refractivity contribution >= 4 is 22.2 Å². The highest BCUT2D eigenvalue weighted by molar-refractivity contribution is 7.10. The average molecular weight is 298 g/mol. The summed E-state index contributed by atoms with van der Waals surface area (Å²) in [6, 6.07) is 0. The minimum atomic E-state index is -1.03. The summed E-state index contributed by atoms with van der Waals surface area (Å²) in [7, 11) is 0. The van der Waals surface area contributed by atoms with E-state index in [2.05, 4.69) is 14.9 Å². The molecule has 2 heterocycles. The minimum Gasteiger partial charge on any atom is -0.374 e. The topological polar surface area (TPSA) is 136 Å². The molecule has 0 fully saturated rings. The Kier molecular flexibility index (Phi) is 3.89. The van der Waals surface area contributed by atoms with Crippen LogP contribution in [0, 0.1) is 10.1 Å². The summed E-state index contributed by atoms with van der Waals surface area (Å²) in [6.07, 6.45) is 0.899. The van der Waals surface area contributed by atoms with Crippen molar-refractivity contribution in [2.75, 3.05) is 11.9 Å². The van der Waals surface area contributed by atoms with Crippen molar-refractivity contribution in [3.63, 3.8) is 0 Å². The maximum Gasteiger partial charge on any atom is 0.350 e. The molecule has 0 bridgehead atoms. The Morgan fingerprint density at radius 1 is 1.55 bits per heavy atom. The predicted molar refractivity (Wildman–Crippen MR) is 71.2 cm³/mol. The predicted octanol–water partition coefficient (Wildman–Crippen LogP) is -0.224. The van der Waals surface area contributed by atoms with Crippen molar-refractivity contribution in [3.8, 4) is 0 Å². The van der Waals surface area contributed by atoms with Crippen LogP contribution < -0.4 is 16.6 Å². The number of hydrogen-bond acceptors (Lipinski definition) is 8. The molecule has 0 aliphatic heterocycles. The van der Waals surface area contributed by atoms with E-state index in [1.807, 2.05) is 11.9 Å². The van der Waals surface area contributed by atoms with Crippen molar-refractivity contribution < 1.29 is 4.92 Å². The van der Waals surface area contributed by atoms with Gasteiger partial charge < -0.3 is 5.32 Å². The molecule has 2 N–H and O–H groups in total. The van der Waals surface area contributed by atoms with Gasteiger partial charge in [-0.05, 0) is 6.92 Å². The lowest BCUT2D eigenvalue weighted by molar-refractivity contribution is -0.386. The number of aromatic nitrogens is 4. The van der Waals surface area contributed by atoms with Crippen molar-refractivity contribution in [1.82, 2.24) is 19.1 Å². The van der Waals surface area contributed by atoms with Gasteiger partial charge in [-0.15, -0.1) is 5.10 Å². The van der Waals surface area contributed by atoms with Gasteiger partial charge in [-0.25, -0.2) is 4.79 Å². The maximum absolute atomic E-state index is 11.6. The SMILES string of the molecule is CCNc1snnc1Cn1cc([N+](=O)[O-])c(=O)[nH]c1=O. The Morgan fingerprint density at radius 3 is 2.95 bits per heavy atom. The molecule has 0 aromatic carbocycles. The first-order chi connectivity index (χ1) is 9.52. The van der Waals surface area contributed by atoms with E-state index in [0.29, 0.717) is 17.2 Å². The molecule has 0 aliphatic carbocycles. The van der Waals surface area contributed by atoms with Crippen molar-refractivity contribution in [1.29, 1.82) is 0 Å². The van der Waals surface area contributed by atoms with E-state index in [-0.39, 0.29) is 6.54 Å². The lowest BCUT2D eigenvalue weighted by Crippen LogP contribution is -2.31. The van der Waals surface area contributed by atoms with Crippen LogP contribution in [-0.2, 0) is 6.54 Å². The van der Waals surface area contributed by atoms with Crippen LogP contribution in [-0.4, -0.2) is 30.6 Å². The lowest BCUT2D eigenvalue weighted by Gasteiger charge is -2.04. The van der Waals surface area contributed by atoms with Gasteiger partial charge in [-0.3, -0.25) is 24.5 Å². The summed E-state index contributed by atoms with van der Waals surface area (Å²) >= 11 is 1.12. The van der Waals surface area contributed by atoms with E-state index in [1.165, 1.54) is 0 Å². The highest BCUT2D eigenvalue weighted by atomic mass is 32.1. The summed E-state index contributed by atoms with van der Waals surface area (Å²) in [5.74, 6) is 0. The second-order valence-electron chi connectivity index (χ2n) is 3.74. The first kappa shape index (κ1) is 13.9. The first-order valence-corrected chi connectivity index (χ1v) is 6.33. The summed E-state index contributed by atoms with van der Waals surface area (Å²) in [5.41, 5.74) is -1.99. The molecule has 0 amide bonds. The van der Waals surface area contributed by atoms with Gasteiger partial charge in [0.05, 0.1) is 17.7 Å². The maximum atomic E-state index is 11.6. The molecule has 0 saturated carbocycles. The van der Waals surface area contributed by atoms with Crippen molar-refractivity contribution in [2.45, 2.75) is 13.5 Å². The van der Waals surface area contributed by atoms with Crippen LogP contribution >= 0.6 is 11.5 Å². The van der Waals surface area contributed by atoms with Crippen LogP contribution in [0.1, 0.15) is 12.6 Å². The largest absolute Gasteiger partial charge is 0.374 e. The highest BCUT2D eigenvalue weighted by Gasteiger charge is 2.16. The van der Waals surface area contributed by atoms with Gasteiger partial charge in [-0.1, -0.05) is 4.49 Å². The summed E-state index contributed by atoms with van der Waals surface area (Å²) in [4.78, 5) is 34.6. The van der Waals surface area contributed by atoms with E-state index in [4.69, 9.17) is 0 Å². The van der Waals surface area contributed by atoms with Crippen LogP contribution in [0.25, 0.3) is 0 Å². The van der Waals surface area contributed by atoms with E-state index in [0.717, 1.165) is 22.3 Å². The number of nitrogens with one attached hydrogen (secondary N) is 2. The van der Waals surface area contributed by atoms with Crippen LogP contribution in [0.4, 0.5) is 10.7 Å². The second-order valence-corrected chi connectivity index (χ2v) is 4.49. The fraction of sp³-hybridized carbons (Fsp3) is 0.333. The monoisotopic (exact) mass is 298 g/mol. The number of hydrogen-bond donors (Lipinski definition) is 2. The molecule has 20 heavy (non-hydrogen) atoms. The molecule has 0 saturated heterocycles. The van der Waals surface area contributed by atoms with Gasteiger partial charge in [-0.2, -0.15) is 0 Å². The molecule has 0 radical (unpaired) electrons. The van der Waals surface area contributed by atoms with Gasteiger partial charge in [0.25, 0.3) is 0 Å². The summed E-state index contributed by atoms with van der Waals surface area (Å²) in [5, 5.41) is 18.2. The van der Waals surface area contributed by atoms with Gasteiger partial charge in [0.15, 0.2) is 0 Å². The Bertz CT molecular complexity index is 747. The molecule has 2 rings (SSSR count). The summed E-state index contributed by atoms with van der Waals surface area (Å²) in [6.45, 7) is 2.52. The lowest BCUT2D eigenvalue weighted by atomic mass is 10.4. The number of rotatable bonds is 5. The van der Waals surface area contributed by atoms with Gasteiger partial charge in [0, 0.05) is 18.1 Å². The van der Waals surface area contributed by atoms with E-state index >= 15 is 0 Å². The van der Waals surface area contributed by atoms with Gasteiger partial charge in [0.2, 0.25) is 0 Å². The molecule has 0 spiro atoms. The second kappa shape index (κ2) is 5.61. The Hall–Kier alpha value is -2.56. The van der Waals surface area contributed by atoms with Gasteiger partial charge in [0.1, 0.15) is 10.7 Å². The highest BCUT2D eigenvalue weighted by Crippen LogP contribution is 2.17. The van der Waals surface area contributed by atoms with Crippen LogP contribution in [0.2, 0.25) is 0 Å². The van der Waals surface area contributed by atoms with Gasteiger partial charge >= 0.3 is 16.9 Å². The quantitative estimate of drug-likeness (QED) is 0.575. The van der Waals surface area contributed by atoms with E-state index < -0.39 is 21.9 Å². The average Bonchev–Trinajstić information content (AvgIpc) is 2.80. The molecular formula is C9H10N6O4S. The van der Waals surface area contributed by atoms with E-state index in [1.54, 1.807) is 0 Å². The molecule has 0 unspecified atom stereocenters. The number of nitrogens with zero attached hydrogens (tertiary/aromatic N) is 4. The molecule has 106 valence electrons. The molecule has 2 aromatic heterocycles. The molecule has 0 aliphatic rings. The Balaban J connectivity index is 2.41. The van der Waals surface area contributed by atoms with Crippen molar-refractivity contribution in [3.05, 3.63) is 42.8 Å². The fourth-order valence-electron chi connectivity index (χ4n) is 1.51. The van der Waals surface area contributed by atoms with Crippen LogP contribution in [0.15, 0.2) is 15.8 Å². The van der Waals surface area contributed by atoms with Crippen LogP contribution in [0.5, 0.6) is 0 Å². The zero-order chi connectivity index (χ0) is 14.7. The zero-order valence-electron chi connectivity index (χ0n) is 10.3. The fourth-order valence-corrected chi connectivity index (χ4v) is 2.15. The Labute approximate surface area is 115 Å². The third-order valence-corrected chi connectivity index (χ3v) is 3.13. The van der Waals surface area contributed by atoms with E-state index in [9.17, 15) is 19.7 Å². The zero-order valence-corrected chi connectivity index (χ0v) is 11.1. The molecule has 11 heteroatoms. The van der Waals surface area contributed by atoms with Crippen LogP contribution in [0.3, 0.4) is 0 Å². The molecule has 10 nitrogen and oxygen atoms in total. The standard InChI is InChI=1S/C9H10N6O4S/c1-2-10-8-5(12-13-20-8)3-14-4-6(15(18)19)7(16)11-9(14)17/h4,10H,2-3H2,1H3,(H,11,16,17). The Morgan fingerprint density at radius 2 is 2.30 bits per heavy atom. The third-order valence-electron chi connectivity index (χ3n) is 2.40. The number of aromatic amines is 1.